The van der Waals surface area contributed by atoms with E-state index in [2.05, 4.69) is 4.72 Å². The molecule has 0 unspecified atom stereocenters. The molecule has 0 aliphatic heterocycles. The Hall–Kier alpha value is -2.54. The number of methoxy groups -OCH3 is 1. The number of ether oxygens (including phenoxy) is 1. The first-order valence-electron chi connectivity index (χ1n) is 7.29. The van der Waals surface area contributed by atoms with Gasteiger partial charge >= 0.3 is 5.97 Å². The van der Waals surface area contributed by atoms with Gasteiger partial charge in [0, 0.05) is 0 Å². The van der Waals surface area contributed by atoms with Gasteiger partial charge in [-0.15, -0.1) is 0 Å². The minimum Gasteiger partial charge on any atom is -0.495 e. The highest BCUT2D eigenvalue weighted by atomic mass is 32.2. The van der Waals surface area contributed by atoms with Crippen LogP contribution in [0.25, 0.3) is 0 Å². The average molecular weight is 349 g/mol. The Labute approximate surface area is 141 Å². The molecule has 128 valence electrons. The van der Waals surface area contributed by atoms with E-state index in [9.17, 15) is 13.2 Å². The predicted molar refractivity (Wildman–Crippen MR) is 91.3 cm³/mol. The summed E-state index contributed by atoms with van der Waals surface area (Å²) in [4.78, 5) is 10.9. The SMILES string of the molecule is COc1ccc(C(=O)O)cc1S(=O)(=O)Nc1ccccc1C(C)C. The van der Waals surface area contributed by atoms with Crippen LogP contribution in [0.5, 0.6) is 5.75 Å². The summed E-state index contributed by atoms with van der Waals surface area (Å²) in [6.07, 6.45) is 0. The lowest BCUT2D eigenvalue weighted by Crippen LogP contribution is -2.16. The molecule has 0 atom stereocenters. The van der Waals surface area contributed by atoms with Crippen LogP contribution in [0.3, 0.4) is 0 Å². The summed E-state index contributed by atoms with van der Waals surface area (Å²) in [5.74, 6) is -1.01. The lowest BCUT2D eigenvalue weighted by atomic mass is 10.0. The van der Waals surface area contributed by atoms with Gasteiger partial charge in [-0.1, -0.05) is 32.0 Å². The quantitative estimate of drug-likeness (QED) is 0.834. The molecule has 0 aromatic heterocycles. The molecule has 0 bridgehead atoms. The van der Waals surface area contributed by atoms with Crippen LogP contribution >= 0.6 is 0 Å². The van der Waals surface area contributed by atoms with Crippen molar-refractivity contribution in [3.63, 3.8) is 0 Å². The number of benzene rings is 2. The monoisotopic (exact) mass is 349 g/mol. The van der Waals surface area contributed by atoms with E-state index in [4.69, 9.17) is 9.84 Å². The molecule has 0 amide bonds. The second-order valence-electron chi connectivity index (χ2n) is 5.52. The van der Waals surface area contributed by atoms with Crippen LogP contribution in [0.15, 0.2) is 47.4 Å². The second kappa shape index (κ2) is 6.92. The molecule has 6 nitrogen and oxygen atoms in total. The van der Waals surface area contributed by atoms with Crippen LogP contribution in [0.1, 0.15) is 35.7 Å². The molecule has 0 saturated heterocycles. The fraction of sp³-hybridized carbons (Fsp3) is 0.235. The molecule has 0 aliphatic rings. The average Bonchev–Trinajstić information content (AvgIpc) is 2.54. The van der Waals surface area contributed by atoms with Gasteiger partial charge in [0.1, 0.15) is 10.6 Å². The predicted octanol–water partition coefficient (Wildman–Crippen LogP) is 3.32. The van der Waals surface area contributed by atoms with E-state index in [0.717, 1.165) is 11.6 Å². The summed E-state index contributed by atoms with van der Waals surface area (Å²) in [6.45, 7) is 3.91. The number of carboxylic acid groups (broad SMARTS) is 1. The van der Waals surface area contributed by atoms with Crippen molar-refractivity contribution in [3.8, 4) is 5.75 Å². The zero-order chi connectivity index (χ0) is 17.9. The number of anilines is 1. The van der Waals surface area contributed by atoms with Crippen LogP contribution in [0.2, 0.25) is 0 Å². The highest BCUT2D eigenvalue weighted by Crippen LogP contribution is 2.30. The summed E-state index contributed by atoms with van der Waals surface area (Å²) < 4.78 is 33.1. The topological polar surface area (TPSA) is 92.7 Å². The molecule has 0 aliphatic carbocycles. The number of rotatable bonds is 6. The molecule has 2 aromatic carbocycles. The third kappa shape index (κ3) is 3.68. The van der Waals surface area contributed by atoms with E-state index in [1.807, 2.05) is 26.0 Å². The number of carboxylic acids is 1. The fourth-order valence-corrected chi connectivity index (χ4v) is 3.60. The van der Waals surface area contributed by atoms with Crippen molar-refractivity contribution in [2.24, 2.45) is 0 Å². The van der Waals surface area contributed by atoms with Crippen LogP contribution in [0, 0.1) is 0 Å². The molecule has 2 aromatic rings. The Bertz CT molecular complexity index is 859. The zero-order valence-corrected chi connectivity index (χ0v) is 14.4. The van der Waals surface area contributed by atoms with Gasteiger partial charge in [0.05, 0.1) is 18.4 Å². The molecule has 2 rings (SSSR count). The number of hydrogen-bond donors (Lipinski definition) is 2. The Morgan fingerprint density at radius 3 is 2.42 bits per heavy atom. The summed E-state index contributed by atoms with van der Waals surface area (Å²) in [7, 11) is -2.68. The van der Waals surface area contributed by atoms with Crippen LogP contribution in [-0.4, -0.2) is 26.6 Å². The molecule has 0 heterocycles. The van der Waals surface area contributed by atoms with Gasteiger partial charge in [0.25, 0.3) is 10.0 Å². The van der Waals surface area contributed by atoms with E-state index < -0.39 is 16.0 Å². The molecule has 2 N–H and O–H groups in total. The molecule has 24 heavy (non-hydrogen) atoms. The van der Waals surface area contributed by atoms with Crippen molar-refractivity contribution in [1.29, 1.82) is 0 Å². The highest BCUT2D eigenvalue weighted by molar-refractivity contribution is 7.92. The molecular formula is C17H19NO5S. The molecule has 0 spiro atoms. The maximum Gasteiger partial charge on any atom is 0.335 e. The Kier molecular flexibility index (Phi) is 5.14. The van der Waals surface area contributed by atoms with Crippen molar-refractivity contribution >= 4 is 21.7 Å². The number of hydrogen-bond acceptors (Lipinski definition) is 4. The summed E-state index contributed by atoms with van der Waals surface area (Å²) >= 11 is 0. The third-order valence-electron chi connectivity index (χ3n) is 3.53. The fourth-order valence-electron chi connectivity index (χ4n) is 2.31. The first-order valence-corrected chi connectivity index (χ1v) is 8.77. The first kappa shape index (κ1) is 17.8. The van der Waals surface area contributed by atoms with Gasteiger partial charge in [0.15, 0.2) is 0 Å². The van der Waals surface area contributed by atoms with E-state index >= 15 is 0 Å². The lowest BCUT2D eigenvalue weighted by Gasteiger charge is -2.16. The molecular weight excluding hydrogens is 330 g/mol. The normalized spacial score (nSPS) is 11.3. The van der Waals surface area contributed by atoms with Crippen LogP contribution in [0.4, 0.5) is 5.69 Å². The maximum atomic E-state index is 12.7. The van der Waals surface area contributed by atoms with Gasteiger partial charge in [-0.05, 0) is 35.7 Å². The van der Waals surface area contributed by atoms with Crippen molar-refractivity contribution in [1.82, 2.24) is 0 Å². The van der Waals surface area contributed by atoms with Crippen molar-refractivity contribution < 1.29 is 23.1 Å². The number of para-hydroxylation sites is 1. The standard InChI is InChI=1S/C17H19NO5S/c1-11(2)13-6-4-5-7-14(13)18-24(21,22)16-10-12(17(19)20)8-9-15(16)23-3/h4-11,18H,1-3H3,(H,19,20). The minimum absolute atomic E-state index is 0.0783. The van der Waals surface area contributed by atoms with Crippen molar-refractivity contribution in [2.75, 3.05) is 11.8 Å². The molecule has 0 fully saturated rings. The van der Waals surface area contributed by atoms with Gasteiger partial charge in [-0.25, -0.2) is 13.2 Å². The van der Waals surface area contributed by atoms with Crippen molar-refractivity contribution in [3.05, 3.63) is 53.6 Å². The Balaban J connectivity index is 2.52. The summed E-state index contributed by atoms with van der Waals surface area (Å²) in [5.41, 5.74) is 1.16. The second-order valence-corrected chi connectivity index (χ2v) is 7.17. The van der Waals surface area contributed by atoms with E-state index in [0.29, 0.717) is 5.69 Å². The van der Waals surface area contributed by atoms with E-state index in [1.165, 1.54) is 19.2 Å². The number of sulfonamides is 1. The van der Waals surface area contributed by atoms with E-state index in [-0.39, 0.29) is 22.1 Å². The lowest BCUT2D eigenvalue weighted by molar-refractivity contribution is 0.0696. The maximum absolute atomic E-state index is 12.7. The number of aromatic carboxylic acids is 1. The van der Waals surface area contributed by atoms with Crippen LogP contribution < -0.4 is 9.46 Å². The summed E-state index contributed by atoms with van der Waals surface area (Å²) in [5, 5.41) is 9.09. The minimum atomic E-state index is -4.01. The van der Waals surface area contributed by atoms with Gasteiger partial charge < -0.3 is 9.84 Å². The van der Waals surface area contributed by atoms with Gasteiger partial charge in [-0.2, -0.15) is 0 Å². The molecule has 7 heteroatoms. The summed E-state index contributed by atoms with van der Waals surface area (Å²) in [6, 6.07) is 10.8. The zero-order valence-electron chi connectivity index (χ0n) is 13.6. The smallest absolute Gasteiger partial charge is 0.335 e. The number of nitrogens with one attached hydrogen (secondary N) is 1. The molecule has 0 saturated carbocycles. The van der Waals surface area contributed by atoms with Gasteiger partial charge in [0.2, 0.25) is 0 Å². The molecule has 0 radical (unpaired) electrons. The van der Waals surface area contributed by atoms with Gasteiger partial charge in [-0.3, -0.25) is 4.72 Å². The van der Waals surface area contributed by atoms with Crippen molar-refractivity contribution in [2.45, 2.75) is 24.7 Å². The first-order chi connectivity index (χ1) is 11.3. The van der Waals surface area contributed by atoms with E-state index in [1.54, 1.807) is 12.1 Å². The Morgan fingerprint density at radius 1 is 1.17 bits per heavy atom. The van der Waals surface area contributed by atoms with Crippen LogP contribution in [-0.2, 0) is 10.0 Å². The largest absolute Gasteiger partial charge is 0.495 e. The highest BCUT2D eigenvalue weighted by Gasteiger charge is 2.23. The Morgan fingerprint density at radius 2 is 1.83 bits per heavy atom. The third-order valence-corrected chi connectivity index (χ3v) is 4.91. The number of carbonyl (C=O) groups is 1.